The first-order valence-electron chi connectivity index (χ1n) is 16.2. The van der Waals surface area contributed by atoms with Crippen molar-refractivity contribution in [1.82, 2.24) is 0 Å². The number of esters is 1. The Labute approximate surface area is 311 Å². The molecule has 2 N–H and O–H groups in total. The normalized spacial score (nSPS) is 10.3. The molecule has 0 saturated heterocycles. The topological polar surface area (TPSA) is 123 Å². The van der Waals surface area contributed by atoms with Crippen molar-refractivity contribution < 1.29 is 38.5 Å². The molecule has 6 rings (SSSR count). The van der Waals surface area contributed by atoms with Gasteiger partial charge < -0.3 is 24.1 Å². The van der Waals surface area contributed by atoms with Gasteiger partial charge in [-0.05, 0) is 41.8 Å². The maximum absolute atomic E-state index is 11.6. The van der Waals surface area contributed by atoms with Crippen molar-refractivity contribution in [2.24, 2.45) is 0 Å². The molecule has 0 radical (unpaired) electrons. The smallest absolute Gasteiger partial charge is 0.341 e. The van der Waals surface area contributed by atoms with E-state index in [0.717, 1.165) is 33.4 Å². The number of Topliss-reactive ketones (excluding diaryl/α,β-unsaturated/α-hetero) is 1. The van der Waals surface area contributed by atoms with Crippen LogP contribution in [0, 0.1) is 0 Å². The third-order valence-electron chi connectivity index (χ3n) is 7.73. The zero-order chi connectivity index (χ0) is 36.2. The lowest BCUT2D eigenvalue weighted by molar-refractivity contribution is -0.142. The number of carbonyl (C=O) groups is 3. The van der Waals surface area contributed by atoms with Gasteiger partial charge in [0.1, 0.15) is 23.7 Å². The average Bonchev–Trinajstić information content (AvgIpc) is 3.55. The molecule has 0 spiro atoms. The fraction of sp³-hybridized carbons (Fsp3) is 0.140. The number of ether oxygens (including phenoxy) is 2. The lowest BCUT2D eigenvalue weighted by atomic mass is 9.93. The molecule has 1 heterocycles. The van der Waals surface area contributed by atoms with Crippen LogP contribution < -0.4 is 4.74 Å². The van der Waals surface area contributed by atoms with E-state index < -0.39 is 18.5 Å². The monoisotopic (exact) mass is 762 g/mol. The second kappa shape index (κ2) is 19.0. The molecular weight excluding hydrogens is 724 g/mol. The number of rotatable bonds is 12. The summed E-state index contributed by atoms with van der Waals surface area (Å²) in [6.45, 7) is 1.38. The lowest BCUT2D eigenvalue weighted by Crippen LogP contribution is -2.11. The summed E-state index contributed by atoms with van der Waals surface area (Å²) in [6, 6.07) is 41.8. The van der Waals surface area contributed by atoms with Gasteiger partial charge in [-0.15, -0.1) is 0 Å². The zero-order valence-corrected chi connectivity index (χ0v) is 29.3. The Morgan fingerprint density at radius 2 is 1.31 bits per heavy atom. The van der Waals surface area contributed by atoms with Crippen molar-refractivity contribution in [3.8, 4) is 50.7 Å². The number of furan rings is 1. The van der Waals surface area contributed by atoms with Gasteiger partial charge in [-0.1, -0.05) is 139 Å². The third kappa shape index (κ3) is 9.72. The molecule has 0 fully saturated rings. The van der Waals surface area contributed by atoms with E-state index in [1.807, 2.05) is 103 Å². The molecule has 0 aliphatic heterocycles. The number of aliphatic hydroxyl groups is 1. The number of carboxylic acid groups (broad SMARTS) is 1. The summed E-state index contributed by atoms with van der Waals surface area (Å²) in [4.78, 5) is 33.6. The van der Waals surface area contributed by atoms with Crippen molar-refractivity contribution in [3.05, 3.63) is 149 Å². The molecule has 0 amide bonds. The summed E-state index contributed by atoms with van der Waals surface area (Å²) in [5, 5.41) is 19.5. The number of carboxylic acids is 1. The fourth-order valence-electron chi connectivity index (χ4n) is 5.49. The highest BCUT2D eigenvalue weighted by atomic mass is 79.9. The van der Waals surface area contributed by atoms with Crippen LogP contribution in [0.2, 0.25) is 0 Å². The van der Waals surface area contributed by atoms with Crippen LogP contribution in [0.15, 0.2) is 142 Å². The van der Waals surface area contributed by atoms with E-state index >= 15 is 0 Å². The minimum Gasteiger partial charge on any atom is -0.482 e. The largest absolute Gasteiger partial charge is 0.482 e. The van der Waals surface area contributed by atoms with Crippen molar-refractivity contribution in [2.75, 3.05) is 13.2 Å². The van der Waals surface area contributed by atoms with Gasteiger partial charge in [-0.2, -0.15) is 0 Å². The van der Waals surface area contributed by atoms with Crippen molar-refractivity contribution >= 4 is 33.7 Å². The Morgan fingerprint density at radius 3 is 1.94 bits per heavy atom. The van der Waals surface area contributed by atoms with Gasteiger partial charge >= 0.3 is 11.9 Å². The number of halogens is 1. The molecule has 0 aliphatic carbocycles. The molecular formula is C43H39BrO8. The predicted molar refractivity (Wildman–Crippen MR) is 206 cm³/mol. The Hall–Kier alpha value is -5.77. The van der Waals surface area contributed by atoms with Crippen molar-refractivity contribution in [3.63, 3.8) is 0 Å². The summed E-state index contributed by atoms with van der Waals surface area (Å²) in [5.74, 6) is -0.0247. The first-order chi connectivity index (χ1) is 24.8. The van der Waals surface area contributed by atoms with E-state index in [9.17, 15) is 19.5 Å². The van der Waals surface area contributed by atoms with E-state index in [2.05, 4.69) is 15.9 Å². The van der Waals surface area contributed by atoms with Crippen molar-refractivity contribution in [1.29, 1.82) is 0 Å². The van der Waals surface area contributed by atoms with Crippen LogP contribution in [-0.2, 0) is 20.9 Å². The van der Waals surface area contributed by atoms with Crippen LogP contribution in [0.3, 0.4) is 0 Å². The minimum atomic E-state index is -1.04. The molecule has 266 valence electrons. The molecule has 6 aromatic rings. The molecule has 9 heteroatoms. The number of hydrogen-bond acceptors (Lipinski definition) is 7. The number of hydrogen-bond donors (Lipinski definition) is 2. The molecule has 0 bridgehead atoms. The number of ketones is 1. The minimum absolute atomic E-state index is 0. The molecule has 1 aromatic heterocycles. The standard InChI is InChI=1S/C31H24O5.C11H11BrO3.CH4/c32-19-27-29(21-10-3-1-4-11-21)30(22-12-5-2-6-13-22)36-31(27)26-17-8-7-16-25(26)23-14-9-15-24(18-23)35-20-28(33)34;1-2-15-11(14)7-10(13)8-5-3-4-6-9(8)12;/h1-18,32H,19-20H2,(H,33,34);3-6H,2,7H2,1H3;1H4. The van der Waals surface area contributed by atoms with E-state index in [1.165, 1.54) is 0 Å². The van der Waals surface area contributed by atoms with Gasteiger partial charge in [0.15, 0.2) is 12.4 Å². The Morgan fingerprint density at radius 1 is 0.712 bits per heavy atom. The SMILES string of the molecule is C.CCOC(=O)CC(=O)c1ccccc1Br.O=C(O)COc1cccc(-c2ccccc2-c2oc(-c3ccccc3)c(-c3ccccc3)c2CO)c1. The summed E-state index contributed by atoms with van der Waals surface area (Å²) < 4.78 is 17.4. The first-order valence-corrected chi connectivity index (χ1v) is 16.9. The van der Waals surface area contributed by atoms with E-state index in [1.54, 1.807) is 37.3 Å². The molecule has 0 saturated carbocycles. The molecule has 52 heavy (non-hydrogen) atoms. The average molecular weight is 764 g/mol. The van der Waals surface area contributed by atoms with Gasteiger partial charge in [0.25, 0.3) is 0 Å². The quantitative estimate of drug-likeness (QED) is 0.0718. The van der Waals surface area contributed by atoms with E-state index in [-0.39, 0.29) is 26.2 Å². The number of carbonyl (C=O) groups excluding carboxylic acids is 2. The number of aliphatic carboxylic acids is 1. The highest BCUT2D eigenvalue weighted by Gasteiger charge is 2.25. The van der Waals surface area contributed by atoms with Crippen molar-refractivity contribution in [2.45, 2.75) is 27.4 Å². The second-order valence-corrected chi connectivity index (χ2v) is 12.0. The van der Waals surface area contributed by atoms with Crippen LogP contribution in [-0.4, -0.2) is 41.1 Å². The Kier molecular flexibility index (Phi) is 14.3. The summed E-state index contributed by atoms with van der Waals surface area (Å²) >= 11 is 3.25. The summed E-state index contributed by atoms with van der Waals surface area (Å²) in [6.07, 6.45) is -0.212. The van der Waals surface area contributed by atoms with Crippen LogP contribution in [0.4, 0.5) is 0 Å². The van der Waals surface area contributed by atoms with E-state index in [4.69, 9.17) is 19.0 Å². The zero-order valence-electron chi connectivity index (χ0n) is 27.8. The van der Waals surface area contributed by atoms with Gasteiger partial charge in [-0.25, -0.2) is 4.79 Å². The molecule has 5 aromatic carbocycles. The first kappa shape index (κ1) is 39.0. The van der Waals surface area contributed by atoms with Crippen LogP contribution in [0.25, 0.3) is 44.9 Å². The lowest BCUT2D eigenvalue weighted by Gasteiger charge is -2.11. The maximum Gasteiger partial charge on any atom is 0.341 e. The van der Waals surface area contributed by atoms with E-state index in [0.29, 0.717) is 39.5 Å². The fourth-order valence-corrected chi connectivity index (χ4v) is 6.00. The Balaban J connectivity index is 0.000000320. The van der Waals surface area contributed by atoms with Crippen LogP contribution in [0.1, 0.15) is 36.7 Å². The molecule has 0 atom stereocenters. The van der Waals surface area contributed by atoms with Gasteiger partial charge in [0, 0.05) is 32.3 Å². The van der Waals surface area contributed by atoms with Gasteiger partial charge in [0.2, 0.25) is 0 Å². The number of benzene rings is 5. The van der Waals surface area contributed by atoms with Gasteiger partial charge in [-0.3, -0.25) is 9.59 Å². The summed E-state index contributed by atoms with van der Waals surface area (Å²) in [5.41, 5.74) is 6.47. The molecule has 0 aliphatic rings. The summed E-state index contributed by atoms with van der Waals surface area (Å²) in [7, 11) is 0. The Bertz CT molecular complexity index is 2110. The van der Waals surface area contributed by atoms with Gasteiger partial charge in [0.05, 0.1) is 13.2 Å². The third-order valence-corrected chi connectivity index (χ3v) is 8.42. The highest BCUT2D eigenvalue weighted by molar-refractivity contribution is 9.10. The van der Waals surface area contributed by atoms with Crippen LogP contribution >= 0.6 is 15.9 Å². The molecule has 0 unspecified atom stereocenters. The van der Waals surface area contributed by atoms with Crippen LogP contribution in [0.5, 0.6) is 5.75 Å². The molecule has 8 nitrogen and oxygen atoms in total. The highest BCUT2D eigenvalue weighted by Crippen LogP contribution is 2.45. The number of aliphatic hydroxyl groups excluding tert-OH is 1. The second-order valence-electron chi connectivity index (χ2n) is 11.1. The predicted octanol–water partition coefficient (Wildman–Crippen LogP) is 10.1. The maximum atomic E-state index is 11.6.